The average molecular weight is 273 g/mol. The quantitative estimate of drug-likeness (QED) is 0.908. The smallest absolute Gasteiger partial charge is 0.326 e. The van der Waals surface area contributed by atoms with Crippen LogP contribution in [0.25, 0.3) is 10.9 Å². The number of benzene rings is 1. The lowest BCUT2D eigenvalue weighted by Gasteiger charge is -2.21. The molecule has 1 aliphatic rings. The number of rotatable bonds is 3. The third-order valence-electron chi connectivity index (χ3n) is 3.61. The number of hydrogen-bond acceptors (Lipinski definition) is 5. The number of methoxy groups -OCH3 is 1. The zero-order chi connectivity index (χ0) is 14.1. The predicted molar refractivity (Wildman–Crippen MR) is 73.7 cm³/mol. The van der Waals surface area contributed by atoms with Crippen molar-refractivity contribution in [3.63, 3.8) is 0 Å². The van der Waals surface area contributed by atoms with Crippen molar-refractivity contribution in [2.24, 2.45) is 0 Å². The number of anilines is 1. The first kappa shape index (κ1) is 12.8. The van der Waals surface area contributed by atoms with Gasteiger partial charge in [-0.05, 0) is 6.07 Å². The standard InChI is InChI=1S/C14H15N3O3/c1-20-10-6-12(13(18)19)17(8-10)14-15-7-9-4-2-3-5-11(9)16-14/h2-5,7,10,12H,6,8H2,1H3,(H,18,19). The molecule has 0 aliphatic carbocycles. The summed E-state index contributed by atoms with van der Waals surface area (Å²) in [7, 11) is 1.59. The molecule has 0 bridgehead atoms. The minimum absolute atomic E-state index is 0.105. The van der Waals surface area contributed by atoms with Crippen LogP contribution in [-0.2, 0) is 9.53 Å². The molecule has 6 nitrogen and oxygen atoms in total. The molecular formula is C14H15N3O3. The second-order valence-electron chi connectivity index (χ2n) is 4.83. The van der Waals surface area contributed by atoms with Gasteiger partial charge in [-0.2, -0.15) is 0 Å². The molecule has 1 saturated heterocycles. The number of carboxylic acid groups (broad SMARTS) is 1. The second-order valence-corrected chi connectivity index (χ2v) is 4.83. The molecule has 0 radical (unpaired) electrons. The van der Waals surface area contributed by atoms with Crippen LogP contribution in [0.3, 0.4) is 0 Å². The Balaban J connectivity index is 1.98. The lowest BCUT2D eigenvalue weighted by molar-refractivity contribution is -0.138. The fourth-order valence-corrected chi connectivity index (χ4v) is 2.52. The van der Waals surface area contributed by atoms with Gasteiger partial charge in [0.15, 0.2) is 0 Å². The van der Waals surface area contributed by atoms with E-state index >= 15 is 0 Å². The van der Waals surface area contributed by atoms with Crippen LogP contribution in [0.4, 0.5) is 5.95 Å². The first-order valence-corrected chi connectivity index (χ1v) is 6.43. The van der Waals surface area contributed by atoms with Gasteiger partial charge in [0.1, 0.15) is 6.04 Å². The number of ether oxygens (including phenoxy) is 1. The Labute approximate surface area is 116 Å². The largest absolute Gasteiger partial charge is 0.480 e. The number of para-hydroxylation sites is 1. The number of hydrogen-bond donors (Lipinski definition) is 1. The van der Waals surface area contributed by atoms with E-state index in [0.29, 0.717) is 18.9 Å². The van der Waals surface area contributed by atoms with E-state index in [9.17, 15) is 9.90 Å². The topological polar surface area (TPSA) is 75.6 Å². The summed E-state index contributed by atoms with van der Waals surface area (Å²) in [4.78, 5) is 21.8. The zero-order valence-electron chi connectivity index (χ0n) is 11.1. The molecule has 2 aromatic rings. The molecule has 0 saturated carbocycles. The van der Waals surface area contributed by atoms with Gasteiger partial charge in [0.25, 0.3) is 0 Å². The van der Waals surface area contributed by atoms with Crippen LogP contribution in [0.1, 0.15) is 6.42 Å². The van der Waals surface area contributed by atoms with Crippen molar-refractivity contribution in [2.45, 2.75) is 18.6 Å². The molecule has 6 heteroatoms. The summed E-state index contributed by atoms with van der Waals surface area (Å²) in [6, 6.07) is 6.99. The molecule has 2 unspecified atom stereocenters. The number of carboxylic acids is 1. The summed E-state index contributed by atoms with van der Waals surface area (Å²) in [5.74, 6) is -0.433. The van der Waals surface area contributed by atoms with Crippen molar-refractivity contribution in [2.75, 3.05) is 18.6 Å². The fraction of sp³-hybridized carbons (Fsp3) is 0.357. The molecule has 0 amide bonds. The summed E-state index contributed by atoms with van der Waals surface area (Å²) in [5.41, 5.74) is 0.808. The average Bonchev–Trinajstić information content (AvgIpc) is 2.91. The highest BCUT2D eigenvalue weighted by Crippen LogP contribution is 2.25. The van der Waals surface area contributed by atoms with Crippen LogP contribution >= 0.6 is 0 Å². The Morgan fingerprint density at radius 3 is 3.00 bits per heavy atom. The molecule has 2 atom stereocenters. The molecule has 104 valence electrons. The van der Waals surface area contributed by atoms with E-state index in [0.717, 1.165) is 10.9 Å². The van der Waals surface area contributed by atoms with E-state index in [1.54, 1.807) is 18.2 Å². The fourth-order valence-electron chi connectivity index (χ4n) is 2.52. The van der Waals surface area contributed by atoms with E-state index in [1.165, 1.54) is 0 Å². The molecule has 0 spiro atoms. The predicted octanol–water partition coefficient (Wildman–Crippen LogP) is 1.31. The maximum absolute atomic E-state index is 11.4. The zero-order valence-corrected chi connectivity index (χ0v) is 11.1. The third-order valence-corrected chi connectivity index (χ3v) is 3.61. The number of carbonyl (C=O) groups is 1. The Bertz CT molecular complexity index is 646. The van der Waals surface area contributed by atoms with E-state index in [1.807, 2.05) is 24.3 Å². The van der Waals surface area contributed by atoms with Gasteiger partial charge in [-0.25, -0.2) is 14.8 Å². The van der Waals surface area contributed by atoms with Crippen LogP contribution < -0.4 is 4.90 Å². The van der Waals surface area contributed by atoms with Gasteiger partial charge in [-0.1, -0.05) is 18.2 Å². The van der Waals surface area contributed by atoms with E-state index < -0.39 is 12.0 Å². The summed E-state index contributed by atoms with van der Waals surface area (Å²) in [5, 5.41) is 10.3. The Morgan fingerprint density at radius 2 is 2.25 bits per heavy atom. The molecular weight excluding hydrogens is 258 g/mol. The van der Waals surface area contributed by atoms with E-state index in [-0.39, 0.29) is 6.10 Å². The number of fused-ring (bicyclic) bond motifs is 1. The minimum atomic E-state index is -0.874. The van der Waals surface area contributed by atoms with Crippen LogP contribution in [-0.4, -0.2) is 46.8 Å². The van der Waals surface area contributed by atoms with Crippen molar-refractivity contribution in [3.05, 3.63) is 30.5 Å². The van der Waals surface area contributed by atoms with E-state index in [4.69, 9.17) is 4.74 Å². The first-order valence-electron chi connectivity index (χ1n) is 6.43. The highest BCUT2D eigenvalue weighted by atomic mass is 16.5. The van der Waals surface area contributed by atoms with Crippen molar-refractivity contribution in [1.29, 1.82) is 0 Å². The third kappa shape index (κ3) is 2.18. The Morgan fingerprint density at radius 1 is 1.45 bits per heavy atom. The molecule has 3 rings (SSSR count). The lowest BCUT2D eigenvalue weighted by Crippen LogP contribution is -2.37. The van der Waals surface area contributed by atoms with Crippen molar-refractivity contribution >= 4 is 22.8 Å². The molecule has 20 heavy (non-hydrogen) atoms. The van der Waals surface area contributed by atoms with Crippen LogP contribution in [0, 0.1) is 0 Å². The number of nitrogens with zero attached hydrogens (tertiary/aromatic N) is 3. The summed E-state index contributed by atoms with van der Waals surface area (Å²) in [6.45, 7) is 0.492. The van der Waals surface area contributed by atoms with Gasteiger partial charge in [0.05, 0.1) is 11.6 Å². The maximum Gasteiger partial charge on any atom is 0.326 e. The maximum atomic E-state index is 11.4. The molecule has 2 heterocycles. The van der Waals surface area contributed by atoms with Crippen LogP contribution in [0.5, 0.6) is 0 Å². The van der Waals surface area contributed by atoms with Crippen LogP contribution in [0.2, 0.25) is 0 Å². The molecule has 1 fully saturated rings. The second kappa shape index (κ2) is 5.05. The summed E-state index contributed by atoms with van der Waals surface area (Å²) < 4.78 is 5.27. The van der Waals surface area contributed by atoms with Gasteiger partial charge < -0.3 is 14.7 Å². The normalized spacial score (nSPS) is 22.4. The number of aliphatic carboxylic acids is 1. The van der Waals surface area contributed by atoms with Crippen molar-refractivity contribution in [1.82, 2.24) is 9.97 Å². The highest BCUT2D eigenvalue weighted by Gasteiger charge is 2.38. The highest BCUT2D eigenvalue weighted by molar-refractivity contribution is 5.81. The Hall–Kier alpha value is -2.21. The van der Waals surface area contributed by atoms with Gasteiger partial charge in [-0.3, -0.25) is 0 Å². The molecule has 1 N–H and O–H groups in total. The van der Waals surface area contributed by atoms with Gasteiger partial charge in [0.2, 0.25) is 5.95 Å². The van der Waals surface area contributed by atoms with Gasteiger partial charge in [-0.15, -0.1) is 0 Å². The Kier molecular flexibility index (Phi) is 3.23. The minimum Gasteiger partial charge on any atom is -0.480 e. The lowest BCUT2D eigenvalue weighted by atomic mass is 10.2. The van der Waals surface area contributed by atoms with Crippen molar-refractivity contribution < 1.29 is 14.6 Å². The van der Waals surface area contributed by atoms with Crippen LogP contribution in [0.15, 0.2) is 30.5 Å². The summed E-state index contributed by atoms with van der Waals surface area (Å²) >= 11 is 0. The number of aromatic nitrogens is 2. The molecule has 1 aromatic carbocycles. The van der Waals surface area contributed by atoms with Gasteiger partial charge in [0, 0.05) is 31.7 Å². The molecule has 1 aliphatic heterocycles. The van der Waals surface area contributed by atoms with E-state index in [2.05, 4.69) is 9.97 Å². The SMILES string of the molecule is COC1CC(C(=O)O)N(c2ncc3ccccc3n2)C1. The van der Waals surface area contributed by atoms with Gasteiger partial charge >= 0.3 is 5.97 Å². The monoisotopic (exact) mass is 273 g/mol. The van der Waals surface area contributed by atoms with Crippen molar-refractivity contribution in [3.8, 4) is 0 Å². The first-order chi connectivity index (χ1) is 9.69. The summed E-state index contributed by atoms with van der Waals surface area (Å²) in [6.07, 6.45) is 2.06. The molecule has 1 aromatic heterocycles.